The molecule has 29 heavy (non-hydrogen) atoms. The average molecular weight is 429 g/mol. The van der Waals surface area contributed by atoms with Gasteiger partial charge in [0.05, 0.1) is 17.4 Å². The third-order valence-electron chi connectivity index (χ3n) is 4.69. The van der Waals surface area contributed by atoms with Crippen LogP contribution in [0.25, 0.3) is 5.69 Å². The second kappa shape index (κ2) is 8.86. The van der Waals surface area contributed by atoms with Crippen LogP contribution in [0.4, 0.5) is 13.2 Å². The summed E-state index contributed by atoms with van der Waals surface area (Å²) in [6.07, 6.45) is 0.0253. The summed E-state index contributed by atoms with van der Waals surface area (Å²) >= 11 is 5.85. The number of benzene rings is 1. The molecule has 1 heterocycles. The minimum Gasteiger partial charge on any atom is -0.353 e. The lowest BCUT2D eigenvalue weighted by Crippen LogP contribution is -2.36. The van der Waals surface area contributed by atoms with Crippen molar-refractivity contribution in [1.82, 2.24) is 20.4 Å². The molecule has 1 saturated carbocycles. The van der Waals surface area contributed by atoms with E-state index in [1.807, 2.05) is 0 Å². The lowest BCUT2D eigenvalue weighted by molar-refractivity contribution is -0.143. The van der Waals surface area contributed by atoms with Crippen molar-refractivity contribution >= 4 is 23.4 Å². The number of nitrogens with zero attached hydrogens (tertiary/aromatic N) is 2. The van der Waals surface area contributed by atoms with E-state index in [0.717, 1.165) is 31.9 Å². The van der Waals surface area contributed by atoms with Gasteiger partial charge in [-0.15, -0.1) is 0 Å². The van der Waals surface area contributed by atoms with Crippen LogP contribution in [0.1, 0.15) is 48.2 Å². The number of carbonyl (C=O) groups excluding carboxylic acids is 2. The first-order valence-electron chi connectivity index (χ1n) is 9.24. The average Bonchev–Trinajstić information content (AvgIpc) is 3.30. The summed E-state index contributed by atoms with van der Waals surface area (Å²) in [5, 5.41) is 9.19. The molecule has 0 aliphatic heterocycles. The summed E-state index contributed by atoms with van der Waals surface area (Å²) in [5.74, 6) is -1.18. The van der Waals surface area contributed by atoms with E-state index in [2.05, 4.69) is 15.7 Å². The van der Waals surface area contributed by atoms with Crippen molar-refractivity contribution < 1.29 is 22.8 Å². The lowest BCUT2D eigenvalue weighted by Gasteiger charge is -2.14. The SMILES string of the molecule is O=C(CCNC(=O)c1cnn(-c2cccc(Cl)c2)c1C(F)(F)F)NC1CCCC1. The molecule has 1 fully saturated rings. The van der Waals surface area contributed by atoms with Gasteiger partial charge in [-0.25, -0.2) is 4.68 Å². The third-order valence-corrected chi connectivity index (χ3v) is 4.93. The maximum absolute atomic E-state index is 13.6. The predicted molar refractivity (Wildman–Crippen MR) is 101 cm³/mol. The molecule has 2 aromatic rings. The summed E-state index contributed by atoms with van der Waals surface area (Å²) in [6, 6.07) is 5.88. The van der Waals surface area contributed by atoms with Gasteiger partial charge in [0.2, 0.25) is 5.91 Å². The van der Waals surface area contributed by atoms with E-state index >= 15 is 0 Å². The molecule has 0 atom stereocenters. The molecule has 3 rings (SSSR count). The number of amides is 2. The van der Waals surface area contributed by atoms with Crippen LogP contribution in [-0.2, 0) is 11.0 Å². The van der Waals surface area contributed by atoms with E-state index in [9.17, 15) is 22.8 Å². The van der Waals surface area contributed by atoms with Crippen LogP contribution in [-0.4, -0.2) is 34.2 Å². The first-order valence-corrected chi connectivity index (χ1v) is 9.62. The van der Waals surface area contributed by atoms with Gasteiger partial charge in [-0.1, -0.05) is 30.5 Å². The maximum atomic E-state index is 13.6. The smallest absolute Gasteiger partial charge is 0.353 e. The molecule has 1 aromatic heterocycles. The Hall–Kier alpha value is -2.55. The number of alkyl halides is 3. The molecule has 6 nitrogen and oxygen atoms in total. The highest BCUT2D eigenvalue weighted by Gasteiger charge is 2.40. The highest BCUT2D eigenvalue weighted by atomic mass is 35.5. The second-order valence-corrected chi connectivity index (χ2v) is 7.29. The minimum atomic E-state index is -4.81. The van der Waals surface area contributed by atoms with E-state index in [1.165, 1.54) is 24.3 Å². The molecule has 1 aliphatic rings. The molecule has 0 bridgehead atoms. The Labute approximate surface area is 170 Å². The molecule has 1 aliphatic carbocycles. The molecular formula is C19H20ClF3N4O2. The molecule has 156 valence electrons. The molecule has 10 heteroatoms. The minimum absolute atomic E-state index is 0.00792. The highest BCUT2D eigenvalue weighted by molar-refractivity contribution is 6.30. The standard InChI is InChI=1S/C19H20ClF3N4O2/c20-12-4-3-7-14(10-12)27-17(19(21,22)23)15(11-25-27)18(29)24-9-8-16(28)26-13-5-1-2-6-13/h3-4,7,10-11,13H,1-2,5-6,8-9H2,(H,24,29)(H,26,28). The fraction of sp³-hybridized carbons (Fsp3) is 0.421. The Bertz CT molecular complexity index is 892. The van der Waals surface area contributed by atoms with Crippen molar-refractivity contribution in [3.8, 4) is 5.69 Å². The van der Waals surface area contributed by atoms with Gasteiger partial charge >= 0.3 is 6.18 Å². The monoisotopic (exact) mass is 428 g/mol. The van der Waals surface area contributed by atoms with Crippen LogP contribution in [0.5, 0.6) is 0 Å². The van der Waals surface area contributed by atoms with Gasteiger partial charge in [0.1, 0.15) is 0 Å². The number of hydrogen-bond donors (Lipinski definition) is 2. The zero-order chi connectivity index (χ0) is 21.0. The van der Waals surface area contributed by atoms with Crippen molar-refractivity contribution in [3.05, 3.63) is 46.7 Å². The second-order valence-electron chi connectivity index (χ2n) is 6.85. The van der Waals surface area contributed by atoms with Crippen molar-refractivity contribution in [2.24, 2.45) is 0 Å². The Kier molecular flexibility index (Phi) is 6.46. The van der Waals surface area contributed by atoms with Crippen LogP contribution >= 0.6 is 11.6 Å². The molecular weight excluding hydrogens is 409 g/mol. The molecule has 0 unspecified atom stereocenters. The summed E-state index contributed by atoms with van der Waals surface area (Å²) in [4.78, 5) is 24.2. The maximum Gasteiger partial charge on any atom is 0.434 e. The van der Waals surface area contributed by atoms with Gasteiger partial charge in [0.25, 0.3) is 5.91 Å². The Morgan fingerprint density at radius 2 is 1.97 bits per heavy atom. The first-order chi connectivity index (χ1) is 13.8. The van der Waals surface area contributed by atoms with Crippen LogP contribution in [0, 0.1) is 0 Å². The number of carbonyl (C=O) groups is 2. The molecule has 0 saturated heterocycles. The summed E-state index contributed by atoms with van der Waals surface area (Å²) in [7, 11) is 0. The number of nitrogens with one attached hydrogen (secondary N) is 2. The Morgan fingerprint density at radius 3 is 2.62 bits per heavy atom. The molecule has 2 amide bonds. The summed E-state index contributed by atoms with van der Waals surface area (Å²) < 4.78 is 41.5. The Balaban J connectivity index is 1.69. The lowest BCUT2D eigenvalue weighted by atomic mass is 10.2. The quantitative estimate of drug-likeness (QED) is 0.736. The topological polar surface area (TPSA) is 76.0 Å². The van der Waals surface area contributed by atoms with E-state index < -0.39 is 23.3 Å². The molecule has 0 spiro atoms. The van der Waals surface area contributed by atoms with Crippen molar-refractivity contribution in [3.63, 3.8) is 0 Å². The van der Waals surface area contributed by atoms with E-state index in [-0.39, 0.29) is 35.6 Å². The van der Waals surface area contributed by atoms with Crippen molar-refractivity contribution in [1.29, 1.82) is 0 Å². The third kappa shape index (κ3) is 5.29. The predicted octanol–water partition coefficient (Wildman–Crippen LogP) is 3.72. The molecule has 0 radical (unpaired) electrons. The van der Waals surface area contributed by atoms with Gasteiger partial charge in [-0.05, 0) is 31.0 Å². The van der Waals surface area contributed by atoms with Gasteiger partial charge in [-0.3, -0.25) is 9.59 Å². The largest absolute Gasteiger partial charge is 0.434 e. The number of rotatable bonds is 6. The summed E-state index contributed by atoms with van der Waals surface area (Å²) in [6.45, 7) is -0.0724. The van der Waals surface area contributed by atoms with Gasteiger partial charge in [0.15, 0.2) is 5.69 Å². The van der Waals surface area contributed by atoms with E-state index in [4.69, 9.17) is 11.6 Å². The number of hydrogen-bond acceptors (Lipinski definition) is 3. The van der Waals surface area contributed by atoms with E-state index in [0.29, 0.717) is 4.68 Å². The van der Waals surface area contributed by atoms with Crippen molar-refractivity contribution in [2.45, 2.75) is 44.3 Å². The van der Waals surface area contributed by atoms with Crippen LogP contribution in [0.3, 0.4) is 0 Å². The summed E-state index contributed by atoms with van der Waals surface area (Å²) in [5.41, 5.74) is -1.74. The normalized spacial score (nSPS) is 14.8. The molecule has 1 aromatic carbocycles. The van der Waals surface area contributed by atoms with Crippen LogP contribution < -0.4 is 10.6 Å². The number of halogens is 4. The molecule has 2 N–H and O–H groups in total. The first kappa shape index (κ1) is 21.2. The number of aromatic nitrogens is 2. The fourth-order valence-electron chi connectivity index (χ4n) is 3.35. The zero-order valence-corrected chi connectivity index (χ0v) is 16.2. The van der Waals surface area contributed by atoms with Gasteiger partial charge in [0, 0.05) is 24.0 Å². The van der Waals surface area contributed by atoms with E-state index in [1.54, 1.807) is 0 Å². The van der Waals surface area contributed by atoms with Crippen LogP contribution in [0.2, 0.25) is 5.02 Å². The van der Waals surface area contributed by atoms with Crippen molar-refractivity contribution in [2.75, 3.05) is 6.54 Å². The van der Waals surface area contributed by atoms with Gasteiger partial charge < -0.3 is 10.6 Å². The Morgan fingerprint density at radius 1 is 1.24 bits per heavy atom. The van der Waals surface area contributed by atoms with Gasteiger partial charge in [-0.2, -0.15) is 18.3 Å². The highest BCUT2D eigenvalue weighted by Crippen LogP contribution is 2.34. The fourth-order valence-corrected chi connectivity index (χ4v) is 3.53. The van der Waals surface area contributed by atoms with Crippen LogP contribution in [0.15, 0.2) is 30.5 Å². The zero-order valence-electron chi connectivity index (χ0n) is 15.4.